The van der Waals surface area contributed by atoms with Crippen LogP contribution in [0, 0.1) is 6.92 Å². The van der Waals surface area contributed by atoms with Crippen LogP contribution in [-0.2, 0) is 12.0 Å². The minimum absolute atomic E-state index is 0.0664. The quantitative estimate of drug-likeness (QED) is 0.615. The lowest BCUT2D eigenvalue weighted by Crippen LogP contribution is -2.17. The number of rotatable bonds is 6. The van der Waals surface area contributed by atoms with E-state index in [1.54, 1.807) is 31.2 Å². The van der Waals surface area contributed by atoms with E-state index in [4.69, 9.17) is 14.9 Å². The van der Waals surface area contributed by atoms with E-state index in [2.05, 4.69) is 4.98 Å². The van der Waals surface area contributed by atoms with Crippen molar-refractivity contribution < 1.29 is 24.2 Å². The molecule has 1 amide bonds. The van der Waals surface area contributed by atoms with Gasteiger partial charge in [0.1, 0.15) is 23.7 Å². The topological polar surface area (TPSA) is 119 Å². The van der Waals surface area contributed by atoms with Gasteiger partial charge in [-0.2, -0.15) is 0 Å². The van der Waals surface area contributed by atoms with Crippen LogP contribution in [-0.4, -0.2) is 27.7 Å². The highest BCUT2D eigenvalue weighted by molar-refractivity contribution is 6.08. The average molecular weight is 368 g/mol. The number of amides is 1. The number of fused-ring (bicyclic) bond motifs is 1. The molecule has 4 N–H and O–H groups in total. The Hall–Kier alpha value is -3.06. The summed E-state index contributed by atoms with van der Waals surface area (Å²) in [6, 6.07) is 6.91. The number of carbonyl (C=O) groups excluding carboxylic acids is 1. The van der Waals surface area contributed by atoms with Gasteiger partial charge in [0.15, 0.2) is 0 Å². The molecule has 140 valence electrons. The molecule has 2 aromatic heterocycles. The number of benzene rings is 1. The standard InChI is InChI=1S/C20H20N2O5/c1-11-15(18(21)24)16-13(27-11)4-5-14(17(16)20(10-23)6-7-20)26-9-12-3-2-8-22-19(12)25/h2-5,8,23H,6-7,9-10H2,1H3,(H2,21,24)(H,22,25). The van der Waals surface area contributed by atoms with Crippen molar-refractivity contribution >= 4 is 16.9 Å². The van der Waals surface area contributed by atoms with Crippen molar-refractivity contribution in [2.45, 2.75) is 31.8 Å². The molecule has 0 unspecified atom stereocenters. The molecule has 0 atom stereocenters. The Morgan fingerprint density at radius 2 is 2.15 bits per heavy atom. The van der Waals surface area contributed by atoms with Gasteiger partial charge in [-0.25, -0.2) is 4.98 Å². The van der Waals surface area contributed by atoms with Gasteiger partial charge in [-0.15, -0.1) is 0 Å². The molecule has 0 aliphatic heterocycles. The molecule has 7 nitrogen and oxygen atoms in total. The Labute approximate surface area is 155 Å². The number of pyridine rings is 1. The fraction of sp³-hybridized carbons (Fsp3) is 0.300. The maximum Gasteiger partial charge on any atom is 0.252 e. The summed E-state index contributed by atoms with van der Waals surface area (Å²) < 4.78 is 11.7. The molecule has 1 aromatic carbocycles. The number of primary amides is 1. The van der Waals surface area contributed by atoms with E-state index in [1.165, 1.54) is 6.20 Å². The average Bonchev–Trinajstić information content (AvgIpc) is 3.36. The SMILES string of the molecule is Cc1oc2ccc(OCc3cccnc3O)c(C3(CO)CC3)c2c1C(N)=O. The number of ether oxygens (including phenoxy) is 1. The number of aromatic hydroxyl groups is 1. The lowest BCUT2D eigenvalue weighted by atomic mass is 9.90. The number of aliphatic hydroxyl groups is 1. The Bertz CT molecular complexity index is 1040. The molecule has 1 fully saturated rings. The van der Waals surface area contributed by atoms with Gasteiger partial charge in [0.2, 0.25) is 5.88 Å². The van der Waals surface area contributed by atoms with Gasteiger partial charge in [-0.1, -0.05) is 0 Å². The zero-order chi connectivity index (χ0) is 19.2. The number of aryl methyl sites for hydroxylation is 1. The molecule has 3 aromatic rings. The zero-order valence-electron chi connectivity index (χ0n) is 14.9. The Morgan fingerprint density at radius 1 is 1.37 bits per heavy atom. The van der Waals surface area contributed by atoms with Crippen molar-refractivity contribution in [2.24, 2.45) is 5.73 Å². The second-order valence-corrected chi connectivity index (χ2v) is 6.92. The van der Waals surface area contributed by atoms with E-state index in [-0.39, 0.29) is 19.1 Å². The molecule has 1 saturated carbocycles. The van der Waals surface area contributed by atoms with Crippen LogP contribution >= 0.6 is 0 Å². The number of carbonyl (C=O) groups is 1. The first-order valence-electron chi connectivity index (χ1n) is 8.70. The number of furan rings is 1. The van der Waals surface area contributed by atoms with Crippen molar-refractivity contribution in [1.82, 2.24) is 4.98 Å². The molecule has 1 aliphatic carbocycles. The first-order valence-corrected chi connectivity index (χ1v) is 8.70. The van der Waals surface area contributed by atoms with Gasteiger partial charge in [-0.3, -0.25) is 4.79 Å². The molecule has 4 rings (SSSR count). The highest BCUT2D eigenvalue weighted by Crippen LogP contribution is 2.54. The van der Waals surface area contributed by atoms with Crippen LogP contribution in [0.25, 0.3) is 11.0 Å². The van der Waals surface area contributed by atoms with Crippen molar-refractivity contribution in [2.75, 3.05) is 6.61 Å². The first kappa shape index (κ1) is 17.4. The number of hydrogen-bond donors (Lipinski definition) is 3. The van der Waals surface area contributed by atoms with Gasteiger partial charge in [0.05, 0.1) is 17.7 Å². The lowest BCUT2D eigenvalue weighted by Gasteiger charge is -2.19. The third-order valence-electron chi connectivity index (χ3n) is 5.18. The van der Waals surface area contributed by atoms with Crippen LogP contribution in [0.1, 0.15) is 40.1 Å². The molecule has 0 saturated heterocycles. The van der Waals surface area contributed by atoms with Gasteiger partial charge in [-0.05, 0) is 44.0 Å². The smallest absolute Gasteiger partial charge is 0.252 e. The Balaban J connectivity index is 1.85. The van der Waals surface area contributed by atoms with Crippen LogP contribution in [0.4, 0.5) is 0 Å². The molecule has 2 heterocycles. The maximum atomic E-state index is 12.0. The Morgan fingerprint density at radius 3 is 2.78 bits per heavy atom. The molecule has 0 radical (unpaired) electrons. The van der Waals surface area contributed by atoms with E-state index in [0.29, 0.717) is 33.6 Å². The fourth-order valence-electron chi connectivity index (χ4n) is 3.57. The van der Waals surface area contributed by atoms with Gasteiger partial charge >= 0.3 is 0 Å². The summed E-state index contributed by atoms with van der Waals surface area (Å²) in [4.78, 5) is 15.9. The molecular formula is C20H20N2O5. The van der Waals surface area contributed by atoms with Crippen LogP contribution in [0.5, 0.6) is 11.6 Å². The summed E-state index contributed by atoms with van der Waals surface area (Å²) in [6.45, 7) is 1.72. The second-order valence-electron chi connectivity index (χ2n) is 6.92. The molecule has 0 bridgehead atoms. The summed E-state index contributed by atoms with van der Waals surface area (Å²) in [7, 11) is 0. The van der Waals surface area contributed by atoms with Crippen LogP contribution in [0.2, 0.25) is 0 Å². The van der Waals surface area contributed by atoms with Gasteiger partial charge in [0, 0.05) is 22.6 Å². The number of hydrogen-bond acceptors (Lipinski definition) is 6. The van der Waals surface area contributed by atoms with E-state index < -0.39 is 11.3 Å². The molecule has 27 heavy (non-hydrogen) atoms. The zero-order valence-corrected chi connectivity index (χ0v) is 14.9. The van der Waals surface area contributed by atoms with E-state index in [9.17, 15) is 15.0 Å². The van der Waals surface area contributed by atoms with Crippen LogP contribution < -0.4 is 10.5 Å². The predicted octanol–water partition coefficient (Wildman–Crippen LogP) is 2.54. The van der Waals surface area contributed by atoms with Crippen molar-refractivity contribution in [3.8, 4) is 11.6 Å². The van der Waals surface area contributed by atoms with Crippen molar-refractivity contribution in [3.63, 3.8) is 0 Å². The normalized spacial score (nSPS) is 15.0. The summed E-state index contributed by atoms with van der Waals surface area (Å²) >= 11 is 0. The summed E-state index contributed by atoms with van der Waals surface area (Å²) in [6.07, 6.45) is 3.05. The summed E-state index contributed by atoms with van der Waals surface area (Å²) in [5.41, 5.74) is 7.23. The number of aliphatic hydroxyl groups excluding tert-OH is 1. The highest BCUT2D eigenvalue weighted by Gasteiger charge is 2.48. The Kier molecular flexibility index (Phi) is 4.04. The van der Waals surface area contributed by atoms with Gasteiger partial charge < -0.3 is 25.1 Å². The van der Waals surface area contributed by atoms with Crippen molar-refractivity contribution in [1.29, 1.82) is 0 Å². The minimum atomic E-state index is -0.580. The van der Waals surface area contributed by atoms with Crippen molar-refractivity contribution in [3.05, 3.63) is 52.9 Å². The molecule has 1 aliphatic rings. The van der Waals surface area contributed by atoms with E-state index in [0.717, 1.165) is 18.4 Å². The van der Waals surface area contributed by atoms with E-state index in [1.807, 2.05) is 0 Å². The minimum Gasteiger partial charge on any atom is -0.493 e. The highest BCUT2D eigenvalue weighted by atomic mass is 16.5. The van der Waals surface area contributed by atoms with Gasteiger partial charge in [0.25, 0.3) is 5.91 Å². The monoisotopic (exact) mass is 368 g/mol. The predicted molar refractivity (Wildman–Crippen MR) is 97.7 cm³/mol. The maximum absolute atomic E-state index is 12.0. The fourth-order valence-corrected chi connectivity index (χ4v) is 3.57. The van der Waals surface area contributed by atoms with E-state index >= 15 is 0 Å². The largest absolute Gasteiger partial charge is 0.493 e. The van der Waals surface area contributed by atoms with Crippen LogP contribution in [0.3, 0.4) is 0 Å². The number of aromatic nitrogens is 1. The first-order chi connectivity index (χ1) is 13.0. The van der Waals surface area contributed by atoms with Crippen LogP contribution in [0.15, 0.2) is 34.9 Å². The third kappa shape index (κ3) is 2.80. The second kappa shape index (κ2) is 6.28. The lowest BCUT2D eigenvalue weighted by molar-refractivity contribution is 0.1000. The summed E-state index contributed by atoms with van der Waals surface area (Å²) in [5.74, 6) is 0.291. The molecular weight excluding hydrogens is 348 g/mol. The third-order valence-corrected chi connectivity index (χ3v) is 5.18. The number of nitrogens with two attached hydrogens (primary N) is 1. The molecule has 7 heteroatoms. The molecule has 0 spiro atoms. The summed E-state index contributed by atoms with van der Waals surface area (Å²) in [5, 5.41) is 20.5. The number of nitrogens with zero attached hydrogens (tertiary/aromatic N) is 1.